The van der Waals surface area contributed by atoms with Gasteiger partial charge in [0.2, 0.25) is 5.95 Å². The van der Waals surface area contributed by atoms with Gasteiger partial charge in [-0.2, -0.15) is 0 Å². The van der Waals surface area contributed by atoms with Gasteiger partial charge in [0.25, 0.3) is 5.91 Å². The second kappa shape index (κ2) is 11.1. The molecule has 2 saturated heterocycles. The Bertz CT molecular complexity index is 1700. The van der Waals surface area contributed by atoms with Crippen LogP contribution >= 0.6 is 0 Å². The predicted molar refractivity (Wildman–Crippen MR) is 155 cm³/mol. The lowest BCUT2D eigenvalue weighted by Gasteiger charge is -2.41. The second-order valence-electron chi connectivity index (χ2n) is 10.3. The Kier molecular flexibility index (Phi) is 7.12. The van der Waals surface area contributed by atoms with Crippen LogP contribution in [0.1, 0.15) is 39.3 Å². The molecule has 0 saturated carbocycles. The van der Waals surface area contributed by atoms with Gasteiger partial charge in [-0.1, -0.05) is 24.3 Å². The number of hydrogen-bond donors (Lipinski definition) is 2. The van der Waals surface area contributed by atoms with Crippen LogP contribution in [-0.2, 0) is 11.3 Å². The summed E-state index contributed by atoms with van der Waals surface area (Å²) in [6.45, 7) is 1.12. The number of pyridine rings is 1. The second-order valence-corrected chi connectivity index (χ2v) is 10.3. The summed E-state index contributed by atoms with van der Waals surface area (Å²) < 4.78 is 0. The summed E-state index contributed by atoms with van der Waals surface area (Å²) in [5.41, 5.74) is 1.49. The van der Waals surface area contributed by atoms with E-state index in [2.05, 4.69) is 15.0 Å². The van der Waals surface area contributed by atoms with E-state index in [1.54, 1.807) is 54.7 Å². The number of carboxylic acids is 2. The van der Waals surface area contributed by atoms with Crippen LogP contribution in [0.5, 0.6) is 0 Å². The van der Waals surface area contributed by atoms with Crippen molar-refractivity contribution in [3.8, 4) is 11.1 Å². The van der Waals surface area contributed by atoms with E-state index in [1.807, 2.05) is 4.90 Å². The third-order valence-electron chi connectivity index (χ3n) is 7.93. The van der Waals surface area contributed by atoms with Gasteiger partial charge in [-0.3, -0.25) is 14.7 Å². The van der Waals surface area contributed by atoms with Gasteiger partial charge in [-0.15, -0.1) is 0 Å². The van der Waals surface area contributed by atoms with Crippen molar-refractivity contribution in [1.82, 2.24) is 19.9 Å². The summed E-state index contributed by atoms with van der Waals surface area (Å²) in [6.07, 6.45) is 5.16. The molecule has 0 unspecified atom stereocenters. The lowest BCUT2D eigenvalue weighted by atomic mass is 9.85. The Hall–Kier alpha value is -5.49. The number of urea groups is 1. The summed E-state index contributed by atoms with van der Waals surface area (Å²) in [5, 5.41) is 18.7. The molecule has 1 spiro atoms. The average Bonchev–Trinajstić information content (AvgIpc) is 3.24. The number of imide groups is 1. The third kappa shape index (κ3) is 4.97. The van der Waals surface area contributed by atoms with E-state index in [9.17, 15) is 24.3 Å². The summed E-state index contributed by atoms with van der Waals surface area (Å²) in [6, 6.07) is 17.5. The molecule has 3 amide bonds. The Morgan fingerprint density at radius 2 is 1.37 bits per heavy atom. The van der Waals surface area contributed by atoms with Crippen molar-refractivity contribution in [2.75, 3.05) is 22.9 Å². The van der Waals surface area contributed by atoms with Crippen molar-refractivity contribution in [2.45, 2.75) is 24.9 Å². The number of nitrogens with zero attached hydrogens (tertiary/aromatic N) is 6. The fourth-order valence-electron chi connectivity index (χ4n) is 5.68. The molecule has 4 aromatic rings. The highest BCUT2D eigenvalue weighted by Crippen LogP contribution is 2.41. The van der Waals surface area contributed by atoms with E-state index in [0.717, 1.165) is 16.0 Å². The van der Waals surface area contributed by atoms with E-state index >= 15 is 0 Å². The first-order chi connectivity index (χ1) is 20.8. The van der Waals surface area contributed by atoms with Gasteiger partial charge in [0.15, 0.2) is 0 Å². The number of anilines is 2. The van der Waals surface area contributed by atoms with Crippen LogP contribution in [0.15, 0.2) is 85.3 Å². The van der Waals surface area contributed by atoms with Crippen LogP contribution in [0.4, 0.5) is 16.4 Å². The minimum absolute atomic E-state index is 0.127. The summed E-state index contributed by atoms with van der Waals surface area (Å²) in [4.78, 5) is 68.4. The number of carboxylic acid groups (broad SMARTS) is 2. The fourth-order valence-corrected chi connectivity index (χ4v) is 5.68. The molecule has 12 heteroatoms. The number of likely N-dealkylation sites (tertiary alicyclic amines) is 1. The first-order valence-corrected chi connectivity index (χ1v) is 13.6. The Morgan fingerprint density at radius 3 is 1.98 bits per heavy atom. The topological polar surface area (TPSA) is 157 Å². The normalized spacial score (nSPS) is 16.6. The zero-order valence-corrected chi connectivity index (χ0v) is 22.8. The minimum Gasteiger partial charge on any atom is -0.478 e. The van der Waals surface area contributed by atoms with E-state index in [-0.39, 0.29) is 35.8 Å². The van der Waals surface area contributed by atoms with E-state index in [1.165, 1.54) is 35.5 Å². The standard InChI is InChI=1S/C31H26N6O6/c38-26(39)22-6-4-20(5-7-22)21-8-10-23(11-9-21)36-28(42)31(37(30(36)43)29-33-15-2-16-34-29)12-17-35(18-13-31)19-25-24(27(40)41)3-1-14-32-25/h1-11,14-16H,12-13,17-19H2,(H,38,39)(H,40,41). The molecule has 2 N–H and O–H groups in total. The van der Waals surface area contributed by atoms with Gasteiger partial charge < -0.3 is 10.2 Å². The van der Waals surface area contributed by atoms with Crippen LogP contribution in [-0.4, -0.2) is 72.6 Å². The fraction of sp³-hybridized carbons (Fsp3) is 0.194. The van der Waals surface area contributed by atoms with E-state index in [0.29, 0.717) is 31.0 Å². The number of carbonyl (C=O) groups excluding carboxylic acids is 2. The van der Waals surface area contributed by atoms with Gasteiger partial charge in [0, 0.05) is 38.2 Å². The van der Waals surface area contributed by atoms with Gasteiger partial charge in [0.1, 0.15) is 5.54 Å². The molecule has 2 fully saturated rings. The average molecular weight is 579 g/mol. The summed E-state index contributed by atoms with van der Waals surface area (Å²) in [7, 11) is 0. The molecule has 0 radical (unpaired) electrons. The highest BCUT2D eigenvalue weighted by Gasteiger charge is 2.60. The number of carbonyl (C=O) groups is 4. The molecule has 2 aromatic heterocycles. The Labute approximate surface area is 245 Å². The molecule has 2 aromatic carbocycles. The molecular formula is C31H26N6O6. The van der Waals surface area contributed by atoms with Crippen molar-refractivity contribution in [3.05, 3.63) is 102 Å². The molecule has 4 heterocycles. The minimum atomic E-state index is -1.22. The van der Waals surface area contributed by atoms with Gasteiger partial charge in [-0.05, 0) is 66.4 Å². The van der Waals surface area contributed by atoms with Gasteiger partial charge >= 0.3 is 18.0 Å². The van der Waals surface area contributed by atoms with Crippen molar-refractivity contribution in [1.29, 1.82) is 0 Å². The molecule has 2 aliphatic heterocycles. The zero-order valence-electron chi connectivity index (χ0n) is 22.8. The number of benzene rings is 2. The maximum Gasteiger partial charge on any atom is 0.339 e. The lowest BCUT2D eigenvalue weighted by molar-refractivity contribution is -0.123. The number of hydrogen-bond acceptors (Lipinski definition) is 8. The van der Waals surface area contributed by atoms with Crippen molar-refractivity contribution >= 4 is 35.5 Å². The number of aromatic carboxylic acids is 2. The molecule has 216 valence electrons. The van der Waals surface area contributed by atoms with Crippen molar-refractivity contribution < 1.29 is 29.4 Å². The number of amides is 3. The van der Waals surface area contributed by atoms with Gasteiger partial charge in [0.05, 0.1) is 22.5 Å². The first-order valence-electron chi connectivity index (χ1n) is 13.6. The lowest BCUT2D eigenvalue weighted by Crippen LogP contribution is -2.57. The molecule has 0 aliphatic carbocycles. The number of rotatable bonds is 7. The predicted octanol–water partition coefficient (Wildman–Crippen LogP) is 3.94. The smallest absolute Gasteiger partial charge is 0.339 e. The molecule has 2 aliphatic rings. The highest BCUT2D eigenvalue weighted by molar-refractivity contribution is 6.30. The largest absolute Gasteiger partial charge is 0.478 e. The monoisotopic (exact) mass is 578 g/mol. The Balaban J connectivity index is 1.28. The number of piperidine rings is 1. The molecule has 0 bridgehead atoms. The maximum absolute atomic E-state index is 14.2. The summed E-state index contributed by atoms with van der Waals surface area (Å²) >= 11 is 0. The molecule has 12 nitrogen and oxygen atoms in total. The SMILES string of the molecule is O=C(O)c1ccc(-c2ccc(N3C(=O)N(c4ncccn4)C4(CCN(Cc5ncccc5C(=O)O)CC4)C3=O)cc2)cc1. The quantitative estimate of drug-likeness (QED) is 0.308. The molecular weight excluding hydrogens is 552 g/mol. The first kappa shape index (κ1) is 27.7. The van der Waals surface area contributed by atoms with Crippen LogP contribution in [0.25, 0.3) is 11.1 Å². The van der Waals surface area contributed by atoms with Crippen LogP contribution in [0, 0.1) is 0 Å². The van der Waals surface area contributed by atoms with E-state index < -0.39 is 23.5 Å². The van der Waals surface area contributed by atoms with Crippen LogP contribution in [0.2, 0.25) is 0 Å². The van der Waals surface area contributed by atoms with Crippen LogP contribution < -0.4 is 9.80 Å². The van der Waals surface area contributed by atoms with E-state index in [4.69, 9.17) is 5.11 Å². The van der Waals surface area contributed by atoms with Gasteiger partial charge in [-0.25, -0.2) is 34.2 Å². The number of aromatic nitrogens is 3. The zero-order chi connectivity index (χ0) is 30.1. The Morgan fingerprint density at radius 1 is 0.767 bits per heavy atom. The maximum atomic E-state index is 14.2. The molecule has 43 heavy (non-hydrogen) atoms. The van der Waals surface area contributed by atoms with Crippen LogP contribution in [0.3, 0.4) is 0 Å². The highest BCUT2D eigenvalue weighted by atomic mass is 16.4. The molecule has 6 rings (SSSR count). The summed E-state index contributed by atoms with van der Waals surface area (Å²) in [5.74, 6) is -2.32. The molecule has 0 atom stereocenters. The van der Waals surface area contributed by atoms with Crippen molar-refractivity contribution in [2.24, 2.45) is 0 Å². The third-order valence-corrected chi connectivity index (χ3v) is 7.93. The van der Waals surface area contributed by atoms with Crippen molar-refractivity contribution in [3.63, 3.8) is 0 Å².